The standard InChI is InChI=1S/C7H10N2S.C3H6O/c1-9-10-7-4-2-6(8)3-5-7;1-2-3-4/h2-5,9H,8H2,1H3;3H,2H2,1H3. The number of rotatable bonds is 3. The molecule has 1 aromatic carbocycles. The molecule has 0 unspecified atom stereocenters. The van der Waals surface area contributed by atoms with E-state index in [1.54, 1.807) is 11.9 Å². The third-order valence-corrected chi connectivity index (χ3v) is 1.98. The van der Waals surface area contributed by atoms with E-state index in [9.17, 15) is 4.79 Å². The third kappa shape index (κ3) is 6.51. The number of benzene rings is 1. The van der Waals surface area contributed by atoms with Gasteiger partial charge in [-0.25, -0.2) is 0 Å². The monoisotopic (exact) mass is 212 g/mol. The molecule has 78 valence electrons. The van der Waals surface area contributed by atoms with Crippen LogP contribution in [0.25, 0.3) is 0 Å². The summed E-state index contributed by atoms with van der Waals surface area (Å²) in [5.74, 6) is 0. The summed E-state index contributed by atoms with van der Waals surface area (Å²) < 4.78 is 2.98. The Balaban J connectivity index is 0.000000364. The average molecular weight is 212 g/mol. The molecule has 0 atom stereocenters. The SMILES string of the molecule is CCC=O.CNSc1ccc(N)cc1. The summed E-state index contributed by atoms with van der Waals surface area (Å²) in [5.41, 5.74) is 6.30. The number of carbonyl (C=O) groups excluding carboxylic acids is 1. The molecular formula is C10H16N2OS. The normalized spacial score (nSPS) is 8.71. The third-order valence-electron chi connectivity index (χ3n) is 1.27. The molecule has 3 nitrogen and oxygen atoms in total. The molecule has 0 heterocycles. The van der Waals surface area contributed by atoms with E-state index in [1.807, 2.05) is 38.2 Å². The van der Waals surface area contributed by atoms with E-state index >= 15 is 0 Å². The van der Waals surface area contributed by atoms with Crippen molar-refractivity contribution < 1.29 is 4.79 Å². The first-order chi connectivity index (χ1) is 6.74. The summed E-state index contributed by atoms with van der Waals surface area (Å²) in [5, 5.41) is 0. The molecule has 0 spiro atoms. The van der Waals surface area contributed by atoms with E-state index in [0.29, 0.717) is 6.42 Å². The second kappa shape index (κ2) is 8.59. The van der Waals surface area contributed by atoms with Crippen molar-refractivity contribution >= 4 is 23.9 Å². The van der Waals surface area contributed by atoms with Gasteiger partial charge in [0.15, 0.2) is 0 Å². The molecular weight excluding hydrogens is 196 g/mol. The Hall–Kier alpha value is -1.00. The van der Waals surface area contributed by atoms with Gasteiger partial charge in [-0.05, 0) is 43.3 Å². The lowest BCUT2D eigenvalue weighted by Gasteiger charge is -1.97. The minimum atomic E-state index is 0.639. The van der Waals surface area contributed by atoms with Crippen LogP contribution in [0.3, 0.4) is 0 Å². The largest absolute Gasteiger partial charge is 0.399 e. The van der Waals surface area contributed by atoms with Gasteiger partial charge in [-0.15, -0.1) is 0 Å². The number of hydrogen-bond donors (Lipinski definition) is 2. The predicted molar refractivity (Wildman–Crippen MR) is 62.1 cm³/mol. The van der Waals surface area contributed by atoms with Gasteiger partial charge in [0.1, 0.15) is 6.29 Å². The van der Waals surface area contributed by atoms with Crippen LogP contribution < -0.4 is 10.5 Å². The molecule has 0 aliphatic rings. The van der Waals surface area contributed by atoms with Crippen LogP contribution in [0, 0.1) is 0 Å². The van der Waals surface area contributed by atoms with Gasteiger partial charge in [0, 0.05) is 17.0 Å². The van der Waals surface area contributed by atoms with Crippen LogP contribution in [0.2, 0.25) is 0 Å². The van der Waals surface area contributed by atoms with Gasteiger partial charge in [0.25, 0.3) is 0 Å². The number of carbonyl (C=O) groups is 1. The summed E-state index contributed by atoms with van der Waals surface area (Å²) in [6, 6.07) is 7.74. The lowest BCUT2D eigenvalue weighted by molar-refractivity contribution is -0.107. The zero-order valence-corrected chi connectivity index (χ0v) is 9.30. The number of nitrogen functional groups attached to an aromatic ring is 1. The first-order valence-corrected chi connectivity index (χ1v) is 5.19. The first kappa shape index (κ1) is 13.0. The summed E-state index contributed by atoms with van der Waals surface area (Å²) >= 11 is 1.58. The molecule has 0 aromatic heterocycles. The smallest absolute Gasteiger partial charge is 0.119 e. The highest BCUT2D eigenvalue weighted by Gasteiger charge is 1.88. The minimum absolute atomic E-state index is 0.639. The Kier molecular flexibility index (Phi) is 7.98. The van der Waals surface area contributed by atoms with Crippen LogP contribution in [0.4, 0.5) is 5.69 Å². The molecule has 0 amide bonds. The van der Waals surface area contributed by atoms with E-state index in [4.69, 9.17) is 5.73 Å². The molecule has 0 saturated carbocycles. The number of nitrogens with two attached hydrogens (primary N) is 1. The van der Waals surface area contributed by atoms with E-state index in [-0.39, 0.29) is 0 Å². The lowest BCUT2D eigenvalue weighted by Crippen LogP contribution is -1.90. The van der Waals surface area contributed by atoms with Crippen LogP contribution in [0.1, 0.15) is 13.3 Å². The van der Waals surface area contributed by atoms with Gasteiger partial charge < -0.3 is 10.5 Å². The fourth-order valence-corrected chi connectivity index (χ4v) is 1.16. The maximum Gasteiger partial charge on any atom is 0.119 e. The minimum Gasteiger partial charge on any atom is -0.399 e. The Morgan fingerprint density at radius 2 is 1.93 bits per heavy atom. The van der Waals surface area contributed by atoms with Crippen molar-refractivity contribution in [3.05, 3.63) is 24.3 Å². The Labute approximate surface area is 89.2 Å². The first-order valence-electron chi connectivity index (χ1n) is 4.37. The molecule has 14 heavy (non-hydrogen) atoms. The summed E-state index contributed by atoms with van der Waals surface area (Å²) in [4.78, 5) is 10.4. The van der Waals surface area contributed by atoms with Crippen LogP contribution in [-0.4, -0.2) is 13.3 Å². The topological polar surface area (TPSA) is 55.1 Å². The van der Waals surface area contributed by atoms with Gasteiger partial charge in [0.05, 0.1) is 0 Å². The predicted octanol–water partition coefficient (Wildman–Crippen LogP) is 2.09. The van der Waals surface area contributed by atoms with Crippen molar-refractivity contribution in [3.63, 3.8) is 0 Å². The number of nitrogens with one attached hydrogen (secondary N) is 1. The molecule has 1 aromatic rings. The Bertz CT molecular complexity index is 249. The maximum absolute atomic E-state index is 9.17. The van der Waals surface area contributed by atoms with Crippen molar-refractivity contribution in [1.29, 1.82) is 0 Å². The fraction of sp³-hybridized carbons (Fsp3) is 0.300. The molecule has 0 aliphatic heterocycles. The maximum atomic E-state index is 9.17. The zero-order chi connectivity index (χ0) is 10.8. The van der Waals surface area contributed by atoms with Crippen molar-refractivity contribution in [1.82, 2.24) is 4.72 Å². The second-order valence-electron chi connectivity index (χ2n) is 2.45. The van der Waals surface area contributed by atoms with Crippen LogP contribution in [0.15, 0.2) is 29.2 Å². The Morgan fingerprint density at radius 3 is 2.29 bits per heavy atom. The molecule has 1 rings (SSSR count). The Morgan fingerprint density at radius 1 is 1.43 bits per heavy atom. The van der Waals surface area contributed by atoms with Gasteiger partial charge in [-0.1, -0.05) is 6.92 Å². The van der Waals surface area contributed by atoms with Gasteiger partial charge in [0.2, 0.25) is 0 Å². The lowest BCUT2D eigenvalue weighted by atomic mass is 10.3. The van der Waals surface area contributed by atoms with E-state index in [0.717, 1.165) is 12.0 Å². The summed E-state index contributed by atoms with van der Waals surface area (Å²) in [7, 11) is 1.89. The second-order valence-corrected chi connectivity index (χ2v) is 3.53. The van der Waals surface area contributed by atoms with Gasteiger partial charge in [-0.3, -0.25) is 4.72 Å². The molecule has 0 aliphatic carbocycles. The summed E-state index contributed by atoms with van der Waals surface area (Å²) in [6.07, 6.45) is 1.51. The molecule has 0 saturated heterocycles. The van der Waals surface area contributed by atoms with Crippen LogP contribution >= 0.6 is 11.9 Å². The highest BCUT2D eigenvalue weighted by atomic mass is 32.2. The van der Waals surface area contributed by atoms with E-state index < -0.39 is 0 Å². The van der Waals surface area contributed by atoms with Crippen LogP contribution in [-0.2, 0) is 4.79 Å². The number of anilines is 1. The van der Waals surface area contributed by atoms with Gasteiger partial charge in [-0.2, -0.15) is 0 Å². The highest BCUT2D eigenvalue weighted by Crippen LogP contribution is 2.14. The quantitative estimate of drug-likeness (QED) is 0.457. The molecule has 0 radical (unpaired) electrons. The summed E-state index contributed by atoms with van der Waals surface area (Å²) in [6.45, 7) is 1.81. The zero-order valence-electron chi connectivity index (χ0n) is 8.49. The molecule has 4 heteroatoms. The molecule has 0 fully saturated rings. The molecule has 0 bridgehead atoms. The van der Waals surface area contributed by atoms with Gasteiger partial charge >= 0.3 is 0 Å². The fourth-order valence-electron chi connectivity index (χ4n) is 0.654. The average Bonchev–Trinajstić information content (AvgIpc) is 2.22. The van der Waals surface area contributed by atoms with E-state index in [2.05, 4.69) is 4.72 Å². The number of aldehydes is 1. The van der Waals surface area contributed by atoms with Crippen molar-refractivity contribution in [2.75, 3.05) is 12.8 Å². The van der Waals surface area contributed by atoms with Crippen molar-refractivity contribution in [2.45, 2.75) is 18.2 Å². The van der Waals surface area contributed by atoms with Crippen molar-refractivity contribution in [2.24, 2.45) is 0 Å². The highest BCUT2D eigenvalue weighted by molar-refractivity contribution is 7.97. The molecule has 3 N–H and O–H groups in total. The van der Waals surface area contributed by atoms with Crippen molar-refractivity contribution in [3.8, 4) is 0 Å². The van der Waals surface area contributed by atoms with Crippen LogP contribution in [0.5, 0.6) is 0 Å². The number of hydrogen-bond acceptors (Lipinski definition) is 4. The van der Waals surface area contributed by atoms with E-state index in [1.165, 1.54) is 4.90 Å².